The second-order valence-corrected chi connectivity index (χ2v) is 11.8. The summed E-state index contributed by atoms with van der Waals surface area (Å²) < 4.78 is 31.0. The van der Waals surface area contributed by atoms with Gasteiger partial charge in [0.25, 0.3) is 0 Å². The molecule has 0 aliphatic carbocycles. The van der Waals surface area contributed by atoms with Crippen LogP contribution < -0.4 is 5.32 Å². The first-order valence-electron chi connectivity index (χ1n) is 11.5. The van der Waals surface area contributed by atoms with Crippen LogP contribution in [0.4, 0.5) is 4.79 Å². The van der Waals surface area contributed by atoms with Gasteiger partial charge in [-0.05, 0) is 69.5 Å². The van der Waals surface area contributed by atoms with E-state index in [2.05, 4.69) is 10.3 Å². The Hall–Kier alpha value is -2.91. The lowest BCUT2D eigenvalue weighted by molar-refractivity contribution is 0.0198. The summed E-state index contributed by atoms with van der Waals surface area (Å²) in [6.45, 7) is 7.72. The molecule has 1 saturated heterocycles. The zero-order valence-corrected chi connectivity index (χ0v) is 20.9. The summed E-state index contributed by atoms with van der Waals surface area (Å²) in [5, 5.41) is 4.42. The summed E-state index contributed by atoms with van der Waals surface area (Å²) in [7, 11) is -3.24. The van der Waals surface area contributed by atoms with Gasteiger partial charge in [0.1, 0.15) is 11.4 Å². The number of benzene rings is 1. The maximum Gasteiger partial charge on any atom is 0.410 e. The van der Waals surface area contributed by atoms with Gasteiger partial charge in [-0.1, -0.05) is 6.07 Å². The Morgan fingerprint density at radius 2 is 1.88 bits per heavy atom. The van der Waals surface area contributed by atoms with Gasteiger partial charge < -0.3 is 19.5 Å². The van der Waals surface area contributed by atoms with Gasteiger partial charge in [0, 0.05) is 49.7 Å². The molecule has 0 unspecified atom stereocenters. The fraction of sp³-hybridized carbons (Fsp3) is 0.440. The van der Waals surface area contributed by atoms with E-state index < -0.39 is 15.4 Å². The van der Waals surface area contributed by atoms with Crippen LogP contribution in [0.2, 0.25) is 0 Å². The number of nitrogens with one attached hydrogen (secondary N) is 1. The average Bonchev–Trinajstić information content (AvgIpc) is 3.20. The molecule has 182 valence electrons. The summed E-state index contributed by atoms with van der Waals surface area (Å²) >= 11 is 0. The molecule has 9 heteroatoms. The third kappa shape index (κ3) is 5.77. The van der Waals surface area contributed by atoms with Crippen LogP contribution in [0.15, 0.2) is 53.7 Å². The summed E-state index contributed by atoms with van der Waals surface area (Å²) in [6.07, 6.45) is 6.50. The molecular weight excluding hydrogens is 452 g/mol. The van der Waals surface area contributed by atoms with Crippen LogP contribution in [0.3, 0.4) is 0 Å². The molecule has 0 radical (unpaired) electrons. The number of hydrogen-bond acceptors (Lipinski definition) is 6. The van der Waals surface area contributed by atoms with Crippen molar-refractivity contribution in [2.45, 2.75) is 56.7 Å². The zero-order chi connectivity index (χ0) is 24.5. The number of carbonyl (C=O) groups excluding carboxylic acids is 1. The molecule has 0 atom stereocenters. The summed E-state index contributed by atoms with van der Waals surface area (Å²) in [6, 6.07) is 11.4. The minimum Gasteiger partial charge on any atom is -0.444 e. The number of aromatic nitrogens is 2. The molecule has 8 nitrogen and oxygen atoms in total. The predicted octanol–water partition coefficient (Wildman–Crippen LogP) is 3.92. The van der Waals surface area contributed by atoms with E-state index in [1.807, 2.05) is 62.0 Å². The van der Waals surface area contributed by atoms with Crippen molar-refractivity contribution < 1.29 is 17.9 Å². The number of ether oxygens (including phenoxy) is 1. The number of sulfone groups is 1. The average molecular weight is 485 g/mol. The highest BCUT2D eigenvalue weighted by atomic mass is 32.2. The molecule has 0 spiro atoms. The van der Waals surface area contributed by atoms with Crippen molar-refractivity contribution in [1.82, 2.24) is 19.8 Å². The highest BCUT2D eigenvalue weighted by Gasteiger charge is 2.26. The SMILES string of the molecule is CC(C)(C)OC(=O)N1CCC(NCc2ccc(-n3ccc4cc(S(C)(=O)=O)ccc43)nc2)CC1. The van der Waals surface area contributed by atoms with Crippen molar-refractivity contribution in [2.24, 2.45) is 0 Å². The molecule has 4 rings (SSSR count). The van der Waals surface area contributed by atoms with Gasteiger partial charge in [-0.3, -0.25) is 0 Å². The second-order valence-electron chi connectivity index (χ2n) is 9.83. The number of likely N-dealkylation sites (tertiary alicyclic amines) is 1. The number of carbonyl (C=O) groups is 1. The Morgan fingerprint density at radius 3 is 2.50 bits per heavy atom. The Balaban J connectivity index is 1.33. The first-order chi connectivity index (χ1) is 16.0. The van der Waals surface area contributed by atoms with Crippen LogP contribution in [0, 0.1) is 0 Å². The van der Waals surface area contributed by atoms with Crippen molar-refractivity contribution in [1.29, 1.82) is 0 Å². The lowest BCUT2D eigenvalue weighted by atomic mass is 10.1. The first-order valence-corrected chi connectivity index (χ1v) is 13.4. The number of rotatable bonds is 5. The fourth-order valence-electron chi connectivity index (χ4n) is 4.07. The van der Waals surface area contributed by atoms with E-state index in [0.29, 0.717) is 30.6 Å². The number of nitrogens with zero attached hydrogens (tertiary/aromatic N) is 3. The van der Waals surface area contributed by atoms with Crippen LogP contribution in [0.5, 0.6) is 0 Å². The maximum atomic E-state index is 12.2. The number of amides is 1. The molecule has 34 heavy (non-hydrogen) atoms. The van der Waals surface area contributed by atoms with Crippen LogP contribution in [0.25, 0.3) is 16.7 Å². The van der Waals surface area contributed by atoms with E-state index in [1.54, 1.807) is 17.0 Å². The highest BCUT2D eigenvalue weighted by Crippen LogP contribution is 2.23. The van der Waals surface area contributed by atoms with Gasteiger partial charge in [-0.25, -0.2) is 18.2 Å². The summed E-state index contributed by atoms with van der Waals surface area (Å²) in [5.74, 6) is 0.775. The molecule has 0 saturated carbocycles. The topological polar surface area (TPSA) is 93.5 Å². The largest absolute Gasteiger partial charge is 0.444 e. The summed E-state index contributed by atoms with van der Waals surface area (Å²) in [4.78, 5) is 18.9. The van der Waals surface area contributed by atoms with Crippen LogP contribution in [-0.2, 0) is 21.1 Å². The fourth-order valence-corrected chi connectivity index (χ4v) is 4.73. The standard InChI is InChI=1S/C25H32N4O4S/c1-25(2,3)33-24(30)28-12-10-20(11-13-28)26-16-18-5-8-23(27-17-18)29-14-9-19-15-21(34(4,31)32)6-7-22(19)29/h5-9,14-15,17,20,26H,10-13,16H2,1-4H3. The van der Waals surface area contributed by atoms with Crippen LogP contribution in [0.1, 0.15) is 39.2 Å². The Kier molecular flexibility index (Phi) is 6.69. The molecule has 2 aromatic heterocycles. The monoisotopic (exact) mass is 484 g/mol. The number of fused-ring (bicyclic) bond motifs is 1. The van der Waals surface area contributed by atoms with Gasteiger partial charge in [0.15, 0.2) is 9.84 Å². The van der Waals surface area contributed by atoms with Gasteiger partial charge >= 0.3 is 6.09 Å². The molecule has 1 fully saturated rings. The molecule has 1 aromatic carbocycles. The first kappa shape index (κ1) is 24.2. The maximum absolute atomic E-state index is 12.2. The third-order valence-electron chi connectivity index (χ3n) is 5.89. The summed E-state index contributed by atoms with van der Waals surface area (Å²) in [5.41, 5.74) is 1.51. The molecule has 1 aliphatic heterocycles. The minimum absolute atomic E-state index is 0.240. The van der Waals surface area contributed by atoms with Crippen molar-refractivity contribution in [3.63, 3.8) is 0 Å². The van der Waals surface area contributed by atoms with Crippen LogP contribution >= 0.6 is 0 Å². The van der Waals surface area contributed by atoms with Gasteiger partial charge in [0.2, 0.25) is 0 Å². The van der Waals surface area contributed by atoms with E-state index in [0.717, 1.165) is 35.1 Å². The smallest absolute Gasteiger partial charge is 0.410 e. The zero-order valence-electron chi connectivity index (χ0n) is 20.1. The number of pyridine rings is 1. The number of hydrogen-bond donors (Lipinski definition) is 1. The predicted molar refractivity (Wildman–Crippen MR) is 132 cm³/mol. The molecular formula is C25H32N4O4S. The molecule has 1 amide bonds. The van der Waals surface area contributed by atoms with Crippen LogP contribution in [-0.4, -0.2) is 60.0 Å². The normalized spacial score (nSPS) is 15.6. The van der Waals surface area contributed by atoms with E-state index in [9.17, 15) is 13.2 Å². The van der Waals surface area contributed by atoms with Crippen molar-refractivity contribution in [3.05, 3.63) is 54.4 Å². The molecule has 3 aromatic rings. The van der Waals surface area contributed by atoms with E-state index in [-0.39, 0.29) is 6.09 Å². The second kappa shape index (κ2) is 9.38. The quantitative estimate of drug-likeness (QED) is 0.590. The van der Waals surface area contributed by atoms with Crippen molar-refractivity contribution >= 4 is 26.8 Å². The Labute approximate surface area is 200 Å². The van der Waals surface area contributed by atoms with Gasteiger partial charge in [-0.15, -0.1) is 0 Å². The van der Waals surface area contributed by atoms with E-state index >= 15 is 0 Å². The minimum atomic E-state index is -3.24. The van der Waals surface area contributed by atoms with Gasteiger partial charge in [-0.2, -0.15) is 0 Å². The van der Waals surface area contributed by atoms with Gasteiger partial charge in [0.05, 0.1) is 10.4 Å². The molecule has 1 aliphatic rings. The van der Waals surface area contributed by atoms with Crippen molar-refractivity contribution in [3.8, 4) is 5.82 Å². The van der Waals surface area contributed by atoms with E-state index in [1.165, 1.54) is 6.26 Å². The van der Waals surface area contributed by atoms with Crippen molar-refractivity contribution in [2.75, 3.05) is 19.3 Å². The molecule has 0 bridgehead atoms. The highest BCUT2D eigenvalue weighted by molar-refractivity contribution is 7.90. The van der Waals surface area contributed by atoms with E-state index in [4.69, 9.17) is 4.74 Å². The molecule has 1 N–H and O–H groups in total. The Bertz CT molecular complexity index is 1270. The Morgan fingerprint density at radius 1 is 1.15 bits per heavy atom. The number of piperidine rings is 1. The lowest BCUT2D eigenvalue weighted by Crippen LogP contribution is -2.46. The molecule has 3 heterocycles. The third-order valence-corrected chi connectivity index (χ3v) is 7.00. The lowest BCUT2D eigenvalue weighted by Gasteiger charge is -2.33.